The summed E-state index contributed by atoms with van der Waals surface area (Å²) in [5.74, 6) is -1.28. The fraction of sp³-hybridized carbons (Fsp3) is 0.875. The minimum absolute atomic E-state index is 0.0213. The second kappa shape index (κ2) is 8.80. The lowest BCUT2D eigenvalue weighted by atomic mass is 9.82. The Morgan fingerprint density at radius 1 is 1.25 bits per heavy atom. The summed E-state index contributed by atoms with van der Waals surface area (Å²) in [5.41, 5.74) is -1.000. The van der Waals surface area contributed by atoms with E-state index in [2.05, 4.69) is 5.32 Å². The maximum atomic E-state index is 12.5. The van der Waals surface area contributed by atoms with Crippen molar-refractivity contribution >= 4 is 21.9 Å². The number of aliphatic carboxylic acids is 1. The molecule has 0 aromatic rings. The average molecular weight is 362 g/mol. The first kappa shape index (κ1) is 20.9. The Morgan fingerprint density at radius 3 is 2.38 bits per heavy atom. The average Bonchev–Trinajstić information content (AvgIpc) is 3.04. The van der Waals surface area contributed by atoms with Crippen molar-refractivity contribution in [3.63, 3.8) is 0 Å². The highest BCUT2D eigenvalue weighted by molar-refractivity contribution is 7.89. The summed E-state index contributed by atoms with van der Waals surface area (Å²) in [6.45, 7) is 5.86. The van der Waals surface area contributed by atoms with E-state index in [0.717, 1.165) is 6.42 Å². The van der Waals surface area contributed by atoms with E-state index in [1.165, 1.54) is 4.31 Å². The number of unbranched alkanes of at least 4 members (excludes halogenated alkanes) is 1. The molecule has 1 atom stereocenters. The van der Waals surface area contributed by atoms with Crippen LogP contribution in [0.4, 0.5) is 0 Å². The van der Waals surface area contributed by atoms with Crippen LogP contribution in [0.3, 0.4) is 0 Å². The fourth-order valence-electron chi connectivity index (χ4n) is 3.03. The Hall–Kier alpha value is -1.15. The smallest absolute Gasteiger partial charge is 0.311 e. The fourth-order valence-corrected chi connectivity index (χ4v) is 4.92. The minimum atomic E-state index is -3.44. The molecule has 0 aromatic heterocycles. The van der Waals surface area contributed by atoms with Crippen LogP contribution in [0.25, 0.3) is 0 Å². The van der Waals surface area contributed by atoms with E-state index in [-0.39, 0.29) is 18.2 Å². The van der Waals surface area contributed by atoms with Gasteiger partial charge >= 0.3 is 5.97 Å². The standard InChI is InChI=1S/C16H30N2O5S/c1-4-7-11-24(22,23)18-10-8-9-13(18)14(19)17-12-16(5-2,6-3)15(20)21/h13H,4-12H2,1-3H3,(H,17,19)(H,20,21). The third kappa shape index (κ3) is 4.69. The first-order chi connectivity index (χ1) is 11.2. The van der Waals surface area contributed by atoms with Crippen LogP contribution in [0.15, 0.2) is 0 Å². The number of hydrogen-bond donors (Lipinski definition) is 2. The first-order valence-corrected chi connectivity index (χ1v) is 10.4. The predicted octanol–water partition coefficient (Wildman–Crippen LogP) is 1.59. The van der Waals surface area contributed by atoms with E-state index in [1.807, 2.05) is 6.92 Å². The number of carbonyl (C=O) groups is 2. The maximum absolute atomic E-state index is 12.5. The molecule has 0 aliphatic carbocycles. The van der Waals surface area contributed by atoms with E-state index in [1.54, 1.807) is 13.8 Å². The quantitative estimate of drug-likeness (QED) is 0.614. The SMILES string of the molecule is CCCCS(=O)(=O)N1CCCC1C(=O)NCC(CC)(CC)C(=O)O. The van der Waals surface area contributed by atoms with Gasteiger partial charge in [0.05, 0.1) is 11.2 Å². The second-order valence-corrected chi connectivity index (χ2v) is 8.49. The van der Waals surface area contributed by atoms with Gasteiger partial charge in [-0.05, 0) is 32.1 Å². The molecular weight excluding hydrogens is 332 g/mol. The van der Waals surface area contributed by atoms with E-state index < -0.39 is 27.4 Å². The lowest BCUT2D eigenvalue weighted by molar-refractivity contribution is -0.149. The zero-order valence-electron chi connectivity index (χ0n) is 14.9. The number of nitrogens with zero attached hydrogens (tertiary/aromatic N) is 1. The molecule has 1 fully saturated rings. The van der Waals surface area contributed by atoms with Gasteiger partial charge in [0.1, 0.15) is 6.04 Å². The topological polar surface area (TPSA) is 104 Å². The predicted molar refractivity (Wildman–Crippen MR) is 92.1 cm³/mol. The number of amides is 1. The van der Waals surface area contributed by atoms with E-state index >= 15 is 0 Å². The molecule has 0 radical (unpaired) electrons. The van der Waals surface area contributed by atoms with Gasteiger partial charge in [0.2, 0.25) is 15.9 Å². The zero-order valence-corrected chi connectivity index (χ0v) is 15.7. The van der Waals surface area contributed by atoms with Crippen molar-refractivity contribution in [2.75, 3.05) is 18.8 Å². The van der Waals surface area contributed by atoms with Crippen molar-refractivity contribution in [3.8, 4) is 0 Å². The van der Waals surface area contributed by atoms with Crippen molar-refractivity contribution in [2.45, 2.75) is 65.3 Å². The maximum Gasteiger partial charge on any atom is 0.311 e. The lowest BCUT2D eigenvalue weighted by Gasteiger charge is -2.29. The zero-order chi connectivity index (χ0) is 18.4. The Morgan fingerprint density at radius 2 is 1.88 bits per heavy atom. The van der Waals surface area contributed by atoms with Crippen LogP contribution in [0.2, 0.25) is 0 Å². The van der Waals surface area contributed by atoms with Gasteiger partial charge in [-0.1, -0.05) is 27.2 Å². The number of carboxylic acids is 1. The Labute approximate surface area is 144 Å². The first-order valence-electron chi connectivity index (χ1n) is 8.74. The second-order valence-electron chi connectivity index (χ2n) is 6.45. The number of rotatable bonds is 10. The van der Waals surface area contributed by atoms with Crippen molar-refractivity contribution in [3.05, 3.63) is 0 Å². The van der Waals surface area contributed by atoms with Gasteiger partial charge in [0.15, 0.2) is 0 Å². The molecule has 1 saturated heterocycles. The summed E-state index contributed by atoms with van der Waals surface area (Å²) < 4.78 is 26.1. The highest BCUT2D eigenvalue weighted by atomic mass is 32.2. The summed E-state index contributed by atoms with van der Waals surface area (Å²) in [4.78, 5) is 24.0. The van der Waals surface area contributed by atoms with Crippen LogP contribution < -0.4 is 5.32 Å². The highest BCUT2D eigenvalue weighted by Gasteiger charge is 2.40. The van der Waals surface area contributed by atoms with Gasteiger partial charge in [-0.3, -0.25) is 9.59 Å². The van der Waals surface area contributed by atoms with Gasteiger partial charge < -0.3 is 10.4 Å². The molecule has 7 nitrogen and oxygen atoms in total. The Kier molecular flexibility index (Phi) is 7.66. The monoisotopic (exact) mass is 362 g/mol. The highest BCUT2D eigenvalue weighted by Crippen LogP contribution is 2.27. The molecule has 8 heteroatoms. The molecule has 1 aliphatic rings. The third-order valence-corrected chi connectivity index (χ3v) is 6.98. The van der Waals surface area contributed by atoms with Crippen LogP contribution in [0.1, 0.15) is 59.3 Å². The molecule has 0 saturated carbocycles. The number of carbonyl (C=O) groups excluding carboxylic acids is 1. The number of sulfonamides is 1. The molecule has 0 bridgehead atoms. The van der Waals surface area contributed by atoms with E-state index in [0.29, 0.717) is 38.6 Å². The Bertz CT molecular complexity index is 543. The molecule has 1 rings (SSSR count). The van der Waals surface area contributed by atoms with Gasteiger partial charge in [-0.25, -0.2) is 8.42 Å². The van der Waals surface area contributed by atoms with Gasteiger partial charge in [0, 0.05) is 13.1 Å². The molecule has 140 valence electrons. The summed E-state index contributed by atoms with van der Waals surface area (Å²) in [6, 6.07) is -0.716. The normalized spacial score (nSPS) is 19.4. The molecule has 1 unspecified atom stereocenters. The summed E-state index contributed by atoms with van der Waals surface area (Å²) in [7, 11) is -3.44. The number of hydrogen-bond acceptors (Lipinski definition) is 4. The summed E-state index contributed by atoms with van der Waals surface area (Å²) >= 11 is 0. The number of nitrogens with one attached hydrogen (secondary N) is 1. The van der Waals surface area contributed by atoms with Crippen molar-refractivity contribution < 1.29 is 23.1 Å². The van der Waals surface area contributed by atoms with Crippen LogP contribution in [0, 0.1) is 5.41 Å². The summed E-state index contributed by atoms with van der Waals surface area (Å²) in [5, 5.41) is 12.1. The summed E-state index contributed by atoms with van der Waals surface area (Å²) in [6.07, 6.45) is 3.29. The lowest BCUT2D eigenvalue weighted by Crippen LogP contribution is -2.50. The van der Waals surface area contributed by atoms with Gasteiger partial charge in [0.25, 0.3) is 0 Å². The van der Waals surface area contributed by atoms with E-state index in [4.69, 9.17) is 0 Å². The van der Waals surface area contributed by atoms with Crippen LogP contribution in [-0.4, -0.2) is 54.6 Å². The largest absolute Gasteiger partial charge is 0.481 e. The molecule has 2 N–H and O–H groups in total. The molecule has 1 aliphatic heterocycles. The minimum Gasteiger partial charge on any atom is -0.481 e. The van der Waals surface area contributed by atoms with E-state index in [9.17, 15) is 23.1 Å². The molecule has 0 spiro atoms. The Balaban J connectivity index is 2.78. The molecule has 1 heterocycles. The van der Waals surface area contributed by atoms with Crippen LogP contribution >= 0.6 is 0 Å². The van der Waals surface area contributed by atoms with Gasteiger partial charge in [-0.15, -0.1) is 0 Å². The van der Waals surface area contributed by atoms with Gasteiger partial charge in [-0.2, -0.15) is 4.31 Å². The third-order valence-electron chi connectivity index (χ3n) is 5.03. The van der Waals surface area contributed by atoms with Crippen molar-refractivity contribution in [2.24, 2.45) is 5.41 Å². The van der Waals surface area contributed by atoms with Crippen molar-refractivity contribution in [1.82, 2.24) is 9.62 Å². The van der Waals surface area contributed by atoms with Crippen LogP contribution in [0.5, 0.6) is 0 Å². The van der Waals surface area contributed by atoms with Crippen LogP contribution in [-0.2, 0) is 19.6 Å². The molecular formula is C16H30N2O5S. The molecule has 0 aromatic carbocycles. The molecule has 24 heavy (non-hydrogen) atoms. The van der Waals surface area contributed by atoms with Crippen molar-refractivity contribution in [1.29, 1.82) is 0 Å². The molecule has 1 amide bonds. The number of carboxylic acid groups (broad SMARTS) is 1.